The number of aromatic nitrogens is 1. The third-order valence-electron chi connectivity index (χ3n) is 4.51. The third kappa shape index (κ3) is 4.12. The van der Waals surface area contributed by atoms with Crippen molar-refractivity contribution in [3.63, 3.8) is 0 Å². The summed E-state index contributed by atoms with van der Waals surface area (Å²) < 4.78 is 0.994. The molecule has 1 aliphatic carbocycles. The Hall–Kier alpha value is -2.21. The molecule has 3 rings (SSSR count). The summed E-state index contributed by atoms with van der Waals surface area (Å²) in [5.74, 6) is -0.486. The van der Waals surface area contributed by atoms with Crippen LogP contribution < -0.4 is 10.9 Å². The zero-order chi connectivity index (χ0) is 18.9. The second-order valence-electron chi connectivity index (χ2n) is 7.32. The van der Waals surface area contributed by atoms with Crippen molar-refractivity contribution in [2.24, 2.45) is 0 Å². The monoisotopic (exact) mass is 416 g/mol. The van der Waals surface area contributed by atoms with Crippen LogP contribution in [0.25, 0.3) is 0 Å². The summed E-state index contributed by atoms with van der Waals surface area (Å²) in [6.45, 7) is 3.81. The van der Waals surface area contributed by atoms with Gasteiger partial charge in [0.25, 0.3) is 11.5 Å². The molecule has 0 atom stereocenters. The van der Waals surface area contributed by atoms with E-state index in [4.69, 9.17) is 0 Å². The van der Waals surface area contributed by atoms with Crippen molar-refractivity contribution in [2.45, 2.75) is 45.1 Å². The van der Waals surface area contributed by atoms with Crippen LogP contribution in [0.2, 0.25) is 0 Å². The van der Waals surface area contributed by atoms with E-state index in [-0.39, 0.29) is 11.3 Å². The average Bonchev–Trinajstić information content (AvgIpc) is 2.56. The highest BCUT2D eigenvalue weighted by molar-refractivity contribution is 9.10. The van der Waals surface area contributed by atoms with Crippen LogP contribution >= 0.6 is 15.9 Å². The van der Waals surface area contributed by atoms with Crippen molar-refractivity contribution < 1.29 is 9.59 Å². The number of hydrogen-bond acceptors (Lipinski definition) is 3. The number of H-pyrrole nitrogens is 1. The van der Waals surface area contributed by atoms with Gasteiger partial charge in [-0.05, 0) is 56.9 Å². The average molecular weight is 417 g/mol. The van der Waals surface area contributed by atoms with Gasteiger partial charge in [-0.2, -0.15) is 0 Å². The lowest BCUT2D eigenvalue weighted by atomic mass is 9.92. The normalized spacial score (nSPS) is 14.0. The maximum absolute atomic E-state index is 12.7. The van der Waals surface area contributed by atoms with Gasteiger partial charge in [0, 0.05) is 27.7 Å². The molecule has 26 heavy (non-hydrogen) atoms. The SMILES string of the molecule is CC(C)(Cc1ccc(Br)cc1)NC(=O)c1cc2c([nH]c1=O)CCCC2=O. The van der Waals surface area contributed by atoms with E-state index < -0.39 is 17.0 Å². The molecule has 1 heterocycles. The number of nitrogens with one attached hydrogen (secondary N) is 2. The number of aryl methyl sites for hydroxylation is 1. The lowest BCUT2D eigenvalue weighted by Crippen LogP contribution is -2.46. The van der Waals surface area contributed by atoms with Crippen molar-refractivity contribution in [3.8, 4) is 0 Å². The van der Waals surface area contributed by atoms with Crippen molar-refractivity contribution in [1.29, 1.82) is 0 Å². The number of amides is 1. The highest BCUT2D eigenvalue weighted by atomic mass is 79.9. The fourth-order valence-corrected chi connectivity index (χ4v) is 3.54. The van der Waals surface area contributed by atoms with Crippen LogP contribution in [-0.4, -0.2) is 22.2 Å². The van der Waals surface area contributed by atoms with Crippen LogP contribution in [0.3, 0.4) is 0 Å². The second kappa shape index (κ2) is 7.19. The quantitative estimate of drug-likeness (QED) is 0.801. The summed E-state index contributed by atoms with van der Waals surface area (Å²) in [5, 5.41) is 2.92. The predicted octanol–water partition coefficient (Wildman–Crippen LogP) is 3.41. The van der Waals surface area contributed by atoms with Gasteiger partial charge < -0.3 is 10.3 Å². The zero-order valence-corrected chi connectivity index (χ0v) is 16.4. The first-order valence-electron chi connectivity index (χ1n) is 8.61. The number of aromatic amines is 1. The molecule has 0 saturated heterocycles. The molecule has 0 saturated carbocycles. The first-order valence-corrected chi connectivity index (χ1v) is 9.41. The van der Waals surface area contributed by atoms with E-state index in [2.05, 4.69) is 26.2 Å². The topological polar surface area (TPSA) is 79.0 Å². The fourth-order valence-electron chi connectivity index (χ4n) is 3.28. The van der Waals surface area contributed by atoms with E-state index >= 15 is 0 Å². The van der Waals surface area contributed by atoms with Gasteiger partial charge in [0.2, 0.25) is 0 Å². The van der Waals surface area contributed by atoms with E-state index in [1.165, 1.54) is 6.07 Å². The summed E-state index contributed by atoms with van der Waals surface area (Å²) in [6, 6.07) is 9.32. The number of rotatable bonds is 4. The molecule has 2 aromatic rings. The van der Waals surface area contributed by atoms with Gasteiger partial charge >= 0.3 is 0 Å². The number of carbonyl (C=O) groups is 2. The van der Waals surface area contributed by atoms with Crippen LogP contribution in [-0.2, 0) is 12.8 Å². The van der Waals surface area contributed by atoms with Crippen LogP contribution in [0.5, 0.6) is 0 Å². The standard InChI is InChI=1S/C20H21BrN2O3/c1-20(2,11-12-6-8-13(21)9-7-12)23-19(26)15-10-14-16(22-18(15)25)4-3-5-17(14)24/h6-10H,3-5,11H2,1-2H3,(H,22,25)(H,23,26). The van der Waals surface area contributed by atoms with Crippen LogP contribution in [0.15, 0.2) is 39.6 Å². The number of Topliss-reactive ketones (excluding diaryl/α,β-unsaturated/α-hetero) is 1. The summed E-state index contributed by atoms with van der Waals surface area (Å²) in [5.41, 5.74) is 1.17. The highest BCUT2D eigenvalue weighted by Gasteiger charge is 2.26. The number of benzene rings is 1. The first kappa shape index (κ1) is 18.6. The molecule has 0 spiro atoms. The van der Waals surface area contributed by atoms with Crippen LogP contribution in [0.1, 0.15) is 58.7 Å². The molecule has 5 nitrogen and oxygen atoms in total. The largest absolute Gasteiger partial charge is 0.347 e. The summed E-state index contributed by atoms with van der Waals surface area (Å²) in [7, 11) is 0. The number of halogens is 1. The number of carbonyl (C=O) groups excluding carboxylic acids is 2. The molecule has 1 aliphatic rings. The lowest BCUT2D eigenvalue weighted by Gasteiger charge is -2.26. The first-order chi connectivity index (χ1) is 12.2. The minimum Gasteiger partial charge on any atom is -0.347 e. The Bertz CT molecular complexity index is 914. The Kier molecular flexibility index (Phi) is 5.14. The van der Waals surface area contributed by atoms with Gasteiger partial charge in [0.15, 0.2) is 5.78 Å². The molecule has 0 radical (unpaired) electrons. The van der Waals surface area contributed by atoms with Crippen molar-refractivity contribution >= 4 is 27.6 Å². The number of ketones is 1. The minimum atomic E-state index is -0.544. The molecule has 0 bridgehead atoms. The molecule has 6 heteroatoms. The fraction of sp³-hybridized carbons (Fsp3) is 0.350. The van der Waals surface area contributed by atoms with Crippen molar-refractivity contribution in [3.05, 3.63) is 67.5 Å². The number of hydrogen-bond donors (Lipinski definition) is 2. The Morgan fingerprint density at radius 2 is 1.88 bits per heavy atom. The predicted molar refractivity (Wildman–Crippen MR) is 104 cm³/mol. The molecular formula is C20H21BrN2O3. The molecule has 1 aromatic heterocycles. The van der Waals surface area contributed by atoms with Gasteiger partial charge in [0.1, 0.15) is 5.56 Å². The Labute approximate surface area is 160 Å². The van der Waals surface area contributed by atoms with Gasteiger partial charge in [-0.25, -0.2) is 0 Å². The minimum absolute atomic E-state index is 0.0112. The maximum Gasteiger partial charge on any atom is 0.261 e. The van der Waals surface area contributed by atoms with Gasteiger partial charge in [0.05, 0.1) is 0 Å². The van der Waals surface area contributed by atoms with E-state index in [0.717, 1.165) is 16.5 Å². The zero-order valence-electron chi connectivity index (χ0n) is 14.8. The lowest BCUT2D eigenvalue weighted by molar-refractivity contribution is 0.0911. The molecule has 0 aliphatic heterocycles. The van der Waals surface area contributed by atoms with Crippen LogP contribution in [0.4, 0.5) is 0 Å². The van der Waals surface area contributed by atoms with Gasteiger partial charge in [-0.1, -0.05) is 28.1 Å². The Morgan fingerprint density at radius 1 is 1.19 bits per heavy atom. The maximum atomic E-state index is 12.7. The van der Waals surface area contributed by atoms with E-state index in [1.54, 1.807) is 0 Å². The number of pyridine rings is 1. The molecule has 1 aromatic carbocycles. The van der Waals surface area contributed by atoms with E-state index in [9.17, 15) is 14.4 Å². The van der Waals surface area contributed by atoms with E-state index in [0.29, 0.717) is 30.5 Å². The molecular weight excluding hydrogens is 396 g/mol. The molecule has 0 fully saturated rings. The summed E-state index contributed by atoms with van der Waals surface area (Å²) in [6.07, 6.45) is 2.46. The highest BCUT2D eigenvalue weighted by Crippen LogP contribution is 2.20. The van der Waals surface area contributed by atoms with Crippen LogP contribution in [0, 0.1) is 0 Å². The van der Waals surface area contributed by atoms with E-state index in [1.807, 2.05) is 38.1 Å². The molecule has 1 amide bonds. The van der Waals surface area contributed by atoms with Gasteiger partial charge in [-0.15, -0.1) is 0 Å². The molecule has 2 N–H and O–H groups in total. The Balaban J connectivity index is 1.80. The van der Waals surface area contributed by atoms with Gasteiger partial charge in [-0.3, -0.25) is 14.4 Å². The second-order valence-corrected chi connectivity index (χ2v) is 8.24. The van der Waals surface area contributed by atoms with Crippen molar-refractivity contribution in [2.75, 3.05) is 0 Å². The number of fused-ring (bicyclic) bond motifs is 1. The summed E-state index contributed by atoms with van der Waals surface area (Å²) in [4.78, 5) is 39.7. The van der Waals surface area contributed by atoms with Crippen molar-refractivity contribution in [1.82, 2.24) is 10.3 Å². The molecule has 136 valence electrons. The third-order valence-corrected chi connectivity index (χ3v) is 5.04. The Morgan fingerprint density at radius 3 is 2.58 bits per heavy atom. The molecule has 0 unspecified atom stereocenters. The smallest absolute Gasteiger partial charge is 0.261 e. The summed E-state index contributed by atoms with van der Waals surface area (Å²) >= 11 is 3.40.